The van der Waals surface area contributed by atoms with Crippen LogP contribution in [0.2, 0.25) is 0 Å². The summed E-state index contributed by atoms with van der Waals surface area (Å²) < 4.78 is 10.8. The smallest absolute Gasteiger partial charge is 0.134 e. The quantitative estimate of drug-likeness (QED) is 0.767. The number of benzene rings is 1. The molecule has 1 heterocycles. The molecule has 4 nitrogen and oxygen atoms in total. The van der Waals surface area contributed by atoms with Crippen LogP contribution in [0, 0.1) is 6.92 Å². The second-order valence-electron chi connectivity index (χ2n) is 4.30. The van der Waals surface area contributed by atoms with E-state index in [0.29, 0.717) is 13.2 Å². The Hall–Kier alpha value is -1.36. The van der Waals surface area contributed by atoms with Gasteiger partial charge in [0.25, 0.3) is 0 Å². The molecule has 1 aromatic carbocycles. The van der Waals surface area contributed by atoms with Crippen molar-refractivity contribution in [3.8, 4) is 0 Å². The fourth-order valence-electron chi connectivity index (χ4n) is 2.26. The third-order valence-corrected chi connectivity index (χ3v) is 3.10. The maximum atomic E-state index is 5.86. The van der Waals surface area contributed by atoms with Crippen LogP contribution in [0.25, 0.3) is 11.0 Å². The van der Waals surface area contributed by atoms with Crippen molar-refractivity contribution in [2.45, 2.75) is 13.0 Å². The van der Waals surface area contributed by atoms with Crippen molar-refractivity contribution in [2.75, 3.05) is 26.8 Å². The monoisotopic (exact) mass is 248 g/mol. The first-order chi connectivity index (χ1) is 8.77. The minimum atomic E-state index is 0.101. The van der Waals surface area contributed by atoms with Gasteiger partial charge in [-0.25, -0.2) is 0 Å². The second-order valence-corrected chi connectivity index (χ2v) is 4.30. The maximum Gasteiger partial charge on any atom is 0.134 e. The average Bonchev–Trinajstić information content (AvgIpc) is 2.71. The minimum absolute atomic E-state index is 0.101. The Morgan fingerprint density at radius 3 is 2.89 bits per heavy atom. The zero-order valence-corrected chi connectivity index (χ0v) is 10.9. The third kappa shape index (κ3) is 2.56. The molecule has 0 aliphatic carbocycles. The van der Waals surface area contributed by atoms with Gasteiger partial charge in [-0.3, -0.25) is 0 Å². The molecule has 2 rings (SSSR count). The van der Waals surface area contributed by atoms with Crippen molar-refractivity contribution in [3.63, 3.8) is 0 Å². The van der Waals surface area contributed by atoms with Crippen LogP contribution in [0.15, 0.2) is 28.7 Å². The lowest BCUT2D eigenvalue weighted by atomic mass is 10.0. The second kappa shape index (κ2) is 6.00. The molecule has 1 aromatic heterocycles. The van der Waals surface area contributed by atoms with E-state index in [0.717, 1.165) is 28.8 Å². The largest absolute Gasteiger partial charge is 0.461 e. The molecule has 3 N–H and O–H groups in total. The average molecular weight is 248 g/mol. The highest BCUT2D eigenvalue weighted by molar-refractivity contribution is 5.82. The molecule has 0 aliphatic rings. The number of furan rings is 1. The standard InChI is InChI=1S/C14H20N2O2/c1-10-14(12(9-15)16-7-8-17-2)11-5-3-4-6-13(11)18-10/h3-6,12,16H,7-9,15H2,1-2H3. The van der Waals surface area contributed by atoms with Crippen LogP contribution < -0.4 is 11.1 Å². The van der Waals surface area contributed by atoms with Gasteiger partial charge in [-0.05, 0) is 13.0 Å². The topological polar surface area (TPSA) is 60.4 Å². The summed E-state index contributed by atoms with van der Waals surface area (Å²) in [5.41, 5.74) is 7.93. The summed E-state index contributed by atoms with van der Waals surface area (Å²) in [6.07, 6.45) is 0. The first kappa shape index (κ1) is 13.1. The molecule has 0 bridgehead atoms. The third-order valence-electron chi connectivity index (χ3n) is 3.10. The molecular formula is C14H20N2O2. The van der Waals surface area contributed by atoms with Crippen molar-refractivity contribution in [1.29, 1.82) is 0 Å². The number of aryl methyl sites for hydroxylation is 1. The molecule has 1 unspecified atom stereocenters. The fourth-order valence-corrected chi connectivity index (χ4v) is 2.26. The number of fused-ring (bicyclic) bond motifs is 1. The van der Waals surface area contributed by atoms with Crippen molar-refractivity contribution in [3.05, 3.63) is 35.6 Å². The lowest BCUT2D eigenvalue weighted by Gasteiger charge is -2.16. The summed E-state index contributed by atoms with van der Waals surface area (Å²) >= 11 is 0. The predicted molar refractivity (Wildman–Crippen MR) is 72.6 cm³/mol. The van der Waals surface area contributed by atoms with Crippen molar-refractivity contribution in [2.24, 2.45) is 5.73 Å². The van der Waals surface area contributed by atoms with Gasteiger partial charge in [0, 0.05) is 37.2 Å². The van der Waals surface area contributed by atoms with Crippen LogP contribution in [0.1, 0.15) is 17.4 Å². The van der Waals surface area contributed by atoms with E-state index >= 15 is 0 Å². The van der Waals surface area contributed by atoms with Gasteiger partial charge in [-0.15, -0.1) is 0 Å². The Labute approximate surface area is 107 Å². The number of para-hydroxylation sites is 1. The first-order valence-corrected chi connectivity index (χ1v) is 6.18. The van der Waals surface area contributed by atoms with Gasteiger partial charge < -0.3 is 20.2 Å². The van der Waals surface area contributed by atoms with E-state index in [1.807, 2.05) is 25.1 Å². The molecule has 2 aromatic rings. The lowest BCUT2D eigenvalue weighted by Crippen LogP contribution is -2.31. The molecule has 98 valence electrons. The van der Waals surface area contributed by atoms with Gasteiger partial charge in [-0.1, -0.05) is 18.2 Å². The van der Waals surface area contributed by atoms with Gasteiger partial charge in [0.1, 0.15) is 11.3 Å². The molecule has 0 saturated heterocycles. The number of ether oxygens (including phenoxy) is 1. The SMILES string of the molecule is COCCNC(CN)c1c(C)oc2ccccc12. The number of nitrogens with two attached hydrogens (primary N) is 1. The molecule has 18 heavy (non-hydrogen) atoms. The molecule has 0 radical (unpaired) electrons. The van der Waals surface area contributed by atoms with Crippen LogP contribution in [0.4, 0.5) is 0 Å². The van der Waals surface area contributed by atoms with Crippen LogP contribution >= 0.6 is 0 Å². The number of hydrogen-bond donors (Lipinski definition) is 2. The van der Waals surface area contributed by atoms with Crippen LogP contribution in [-0.2, 0) is 4.74 Å². The molecule has 0 aliphatic heterocycles. The molecule has 0 saturated carbocycles. The fraction of sp³-hybridized carbons (Fsp3) is 0.429. The van der Waals surface area contributed by atoms with Crippen LogP contribution in [0.5, 0.6) is 0 Å². The molecule has 1 atom stereocenters. The lowest BCUT2D eigenvalue weighted by molar-refractivity contribution is 0.196. The number of rotatable bonds is 6. The molecule has 4 heteroatoms. The zero-order chi connectivity index (χ0) is 13.0. The van der Waals surface area contributed by atoms with Crippen molar-refractivity contribution >= 4 is 11.0 Å². The van der Waals surface area contributed by atoms with E-state index in [1.54, 1.807) is 7.11 Å². The van der Waals surface area contributed by atoms with Crippen LogP contribution in [-0.4, -0.2) is 26.8 Å². The molecular weight excluding hydrogens is 228 g/mol. The maximum absolute atomic E-state index is 5.86. The summed E-state index contributed by atoms with van der Waals surface area (Å²) in [6.45, 7) is 3.97. The molecule has 0 fully saturated rings. The number of nitrogens with one attached hydrogen (secondary N) is 1. The Balaban J connectivity index is 2.29. The Bertz CT molecular complexity index is 507. The summed E-state index contributed by atoms with van der Waals surface area (Å²) in [5.74, 6) is 0.927. The minimum Gasteiger partial charge on any atom is -0.461 e. The van der Waals surface area contributed by atoms with E-state index in [2.05, 4.69) is 11.4 Å². The highest BCUT2D eigenvalue weighted by Gasteiger charge is 2.18. The van der Waals surface area contributed by atoms with E-state index in [1.165, 1.54) is 0 Å². The summed E-state index contributed by atoms with van der Waals surface area (Å²) in [4.78, 5) is 0. The van der Waals surface area contributed by atoms with E-state index < -0.39 is 0 Å². The highest BCUT2D eigenvalue weighted by atomic mass is 16.5. The molecule has 0 spiro atoms. The zero-order valence-electron chi connectivity index (χ0n) is 10.9. The summed E-state index contributed by atoms with van der Waals surface area (Å²) in [5, 5.41) is 4.53. The Morgan fingerprint density at radius 1 is 1.39 bits per heavy atom. The van der Waals surface area contributed by atoms with E-state index in [4.69, 9.17) is 14.9 Å². The summed E-state index contributed by atoms with van der Waals surface area (Å²) in [6, 6.07) is 8.15. The van der Waals surface area contributed by atoms with E-state index in [-0.39, 0.29) is 6.04 Å². The van der Waals surface area contributed by atoms with Crippen molar-refractivity contribution in [1.82, 2.24) is 5.32 Å². The number of methoxy groups -OCH3 is 1. The van der Waals surface area contributed by atoms with Crippen molar-refractivity contribution < 1.29 is 9.15 Å². The van der Waals surface area contributed by atoms with Crippen LogP contribution in [0.3, 0.4) is 0 Å². The van der Waals surface area contributed by atoms with E-state index in [9.17, 15) is 0 Å². The Kier molecular flexibility index (Phi) is 4.36. The predicted octanol–water partition coefficient (Wildman–Crippen LogP) is 1.98. The number of hydrogen-bond acceptors (Lipinski definition) is 4. The van der Waals surface area contributed by atoms with Gasteiger partial charge in [0.05, 0.1) is 6.61 Å². The first-order valence-electron chi connectivity index (χ1n) is 6.18. The Morgan fingerprint density at radius 2 is 2.17 bits per heavy atom. The summed E-state index contributed by atoms with van der Waals surface area (Å²) in [7, 11) is 1.69. The van der Waals surface area contributed by atoms with Gasteiger partial charge >= 0.3 is 0 Å². The van der Waals surface area contributed by atoms with Gasteiger partial charge in [0.15, 0.2) is 0 Å². The molecule has 0 amide bonds. The normalized spacial score (nSPS) is 13.1. The highest BCUT2D eigenvalue weighted by Crippen LogP contribution is 2.29. The van der Waals surface area contributed by atoms with Gasteiger partial charge in [0.2, 0.25) is 0 Å². The van der Waals surface area contributed by atoms with Gasteiger partial charge in [-0.2, -0.15) is 0 Å².